The van der Waals surface area contributed by atoms with Gasteiger partial charge in [-0.3, -0.25) is 0 Å². The van der Waals surface area contributed by atoms with Gasteiger partial charge in [-0.05, 0) is 32.9 Å². The minimum absolute atomic E-state index is 0.136. The van der Waals surface area contributed by atoms with Crippen LogP contribution in [-0.4, -0.2) is 11.5 Å². The van der Waals surface area contributed by atoms with Crippen molar-refractivity contribution < 1.29 is 8.83 Å². The highest BCUT2D eigenvalue weighted by molar-refractivity contribution is 5.55. The summed E-state index contributed by atoms with van der Waals surface area (Å²) in [6, 6.07) is 2.07. The molecule has 1 N–H and O–H groups in total. The van der Waals surface area contributed by atoms with Crippen molar-refractivity contribution in [3.8, 4) is 11.3 Å². The minimum Gasteiger partial charge on any atom is -0.469 e. The van der Waals surface area contributed by atoms with E-state index in [0.717, 1.165) is 30.0 Å². The fourth-order valence-corrected chi connectivity index (χ4v) is 1.64. The molecule has 4 heteroatoms. The molecule has 0 aliphatic carbocycles. The maximum Gasteiger partial charge on any atom is 0.211 e. The Labute approximate surface area is 101 Å². The summed E-state index contributed by atoms with van der Waals surface area (Å²) in [6.07, 6.45) is 4.52. The molecule has 2 heterocycles. The van der Waals surface area contributed by atoms with Crippen LogP contribution >= 0.6 is 0 Å². The molecule has 2 rings (SSSR count). The highest BCUT2D eigenvalue weighted by Crippen LogP contribution is 2.24. The van der Waals surface area contributed by atoms with Crippen LogP contribution in [-0.2, 0) is 0 Å². The van der Waals surface area contributed by atoms with Crippen molar-refractivity contribution in [3.63, 3.8) is 0 Å². The van der Waals surface area contributed by atoms with Crippen molar-refractivity contribution in [1.29, 1.82) is 0 Å². The van der Waals surface area contributed by atoms with Crippen molar-refractivity contribution in [2.45, 2.75) is 33.2 Å². The van der Waals surface area contributed by atoms with Crippen molar-refractivity contribution in [2.24, 2.45) is 0 Å². The number of oxazole rings is 1. The normalized spacial score (nSPS) is 12.9. The van der Waals surface area contributed by atoms with Crippen LogP contribution in [0, 0.1) is 6.92 Å². The summed E-state index contributed by atoms with van der Waals surface area (Å²) in [5.74, 6) is 2.34. The molecule has 0 aliphatic heterocycles. The van der Waals surface area contributed by atoms with Crippen LogP contribution in [0.5, 0.6) is 0 Å². The zero-order valence-corrected chi connectivity index (χ0v) is 10.5. The summed E-state index contributed by atoms with van der Waals surface area (Å²) in [7, 11) is 0. The number of furan rings is 1. The van der Waals surface area contributed by atoms with Gasteiger partial charge in [0, 0.05) is 0 Å². The van der Waals surface area contributed by atoms with E-state index in [0.29, 0.717) is 5.89 Å². The van der Waals surface area contributed by atoms with Gasteiger partial charge in [0.15, 0.2) is 5.76 Å². The highest BCUT2D eigenvalue weighted by Gasteiger charge is 2.13. The van der Waals surface area contributed by atoms with Gasteiger partial charge < -0.3 is 14.2 Å². The Morgan fingerprint density at radius 1 is 1.47 bits per heavy atom. The number of rotatable bonds is 5. The molecule has 92 valence electrons. The van der Waals surface area contributed by atoms with Crippen LogP contribution in [0.4, 0.5) is 0 Å². The van der Waals surface area contributed by atoms with Gasteiger partial charge in [-0.2, -0.15) is 0 Å². The largest absolute Gasteiger partial charge is 0.469 e. The van der Waals surface area contributed by atoms with Gasteiger partial charge >= 0.3 is 0 Å². The smallest absolute Gasteiger partial charge is 0.211 e. The Morgan fingerprint density at radius 2 is 2.29 bits per heavy atom. The number of aryl methyl sites for hydroxylation is 1. The molecule has 17 heavy (non-hydrogen) atoms. The molecule has 0 saturated carbocycles. The van der Waals surface area contributed by atoms with Crippen LogP contribution in [0.25, 0.3) is 11.3 Å². The number of nitrogens with one attached hydrogen (secondary N) is 1. The Bertz CT molecular complexity index is 473. The molecular formula is C13H18N2O2. The lowest BCUT2D eigenvalue weighted by Crippen LogP contribution is -2.19. The van der Waals surface area contributed by atoms with Gasteiger partial charge in [0.05, 0.1) is 17.8 Å². The zero-order chi connectivity index (χ0) is 12.3. The third-order valence-corrected chi connectivity index (χ3v) is 2.61. The standard InChI is InChI=1S/C13H18N2O2/c1-4-5-14-10(3)13-15-7-12(17-13)11-6-9(2)16-8-11/h6-8,10,14H,4-5H2,1-3H3. The Kier molecular flexibility index (Phi) is 3.64. The van der Waals surface area contributed by atoms with Gasteiger partial charge in [0.25, 0.3) is 0 Å². The topological polar surface area (TPSA) is 51.2 Å². The fourth-order valence-electron chi connectivity index (χ4n) is 1.64. The minimum atomic E-state index is 0.136. The second-order valence-corrected chi connectivity index (χ2v) is 4.18. The number of hydrogen-bond acceptors (Lipinski definition) is 4. The summed E-state index contributed by atoms with van der Waals surface area (Å²) < 4.78 is 11.0. The average Bonchev–Trinajstić information content (AvgIpc) is 2.93. The summed E-state index contributed by atoms with van der Waals surface area (Å²) in [6.45, 7) is 7.05. The molecule has 2 aromatic heterocycles. The van der Waals surface area contributed by atoms with E-state index in [1.807, 2.05) is 19.9 Å². The Morgan fingerprint density at radius 3 is 2.94 bits per heavy atom. The van der Waals surface area contributed by atoms with Gasteiger partial charge in [-0.15, -0.1) is 0 Å². The molecule has 4 nitrogen and oxygen atoms in total. The number of hydrogen-bond donors (Lipinski definition) is 1. The second kappa shape index (κ2) is 5.19. The molecule has 1 atom stereocenters. The Balaban J connectivity index is 2.10. The van der Waals surface area contributed by atoms with Gasteiger partial charge in [-0.25, -0.2) is 4.98 Å². The first-order chi connectivity index (χ1) is 8.20. The first-order valence-corrected chi connectivity index (χ1v) is 5.95. The number of nitrogens with zero attached hydrogens (tertiary/aromatic N) is 1. The lowest BCUT2D eigenvalue weighted by atomic mass is 10.3. The first kappa shape index (κ1) is 11.9. The van der Waals surface area contributed by atoms with Crippen LogP contribution < -0.4 is 5.32 Å². The summed E-state index contributed by atoms with van der Waals surface area (Å²) in [4.78, 5) is 4.28. The molecule has 0 spiro atoms. The lowest BCUT2D eigenvalue weighted by molar-refractivity contribution is 0.423. The first-order valence-electron chi connectivity index (χ1n) is 5.95. The summed E-state index contributed by atoms with van der Waals surface area (Å²) >= 11 is 0. The summed E-state index contributed by atoms with van der Waals surface area (Å²) in [5.41, 5.74) is 0.934. The van der Waals surface area contributed by atoms with E-state index in [-0.39, 0.29) is 6.04 Å². The van der Waals surface area contributed by atoms with E-state index in [1.165, 1.54) is 0 Å². The average molecular weight is 234 g/mol. The van der Waals surface area contributed by atoms with E-state index in [4.69, 9.17) is 8.83 Å². The molecule has 0 radical (unpaired) electrons. The van der Waals surface area contributed by atoms with E-state index >= 15 is 0 Å². The van der Waals surface area contributed by atoms with Crippen molar-refractivity contribution in [2.75, 3.05) is 6.54 Å². The monoisotopic (exact) mass is 234 g/mol. The van der Waals surface area contributed by atoms with Crippen LogP contribution in [0.2, 0.25) is 0 Å². The lowest BCUT2D eigenvalue weighted by Gasteiger charge is -2.08. The molecule has 0 aromatic carbocycles. The van der Waals surface area contributed by atoms with Crippen LogP contribution in [0.1, 0.15) is 38.0 Å². The number of aromatic nitrogens is 1. The highest BCUT2D eigenvalue weighted by atomic mass is 16.4. The maximum atomic E-state index is 5.71. The van der Waals surface area contributed by atoms with E-state index in [1.54, 1.807) is 12.5 Å². The van der Waals surface area contributed by atoms with Gasteiger partial charge in [0.1, 0.15) is 12.0 Å². The third-order valence-electron chi connectivity index (χ3n) is 2.61. The SMILES string of the molecule is CCCNC(C)c1ncc(-c2coc(C)c2)o1. The summed E-state index contributed by atoms with van der Waals surface area (Å²) in [5, 5.41) is 3.34. The zero-order valence-electron chi connectivity index (χ0n) is 10.5. The molecule has 0 amide bonds. The molecule has 2 aromatic rings. The second-order valence-electron chi connectivity index (χ2n) is 4.18. The van der Waals surface area contributed by atoms with Crippen molar-refractivity contribution >= 4 is 0 Å². The maximum absolute atomic E-state index is 5.71. The molecule has 0 aliphatic rings. The predicted molar refractivity (Wildman–Crippen MR) is 65.7 cm³/mol. The van der Waals surface area contributed by atoms with Gasteiger partial charge in [0.2, 0.25) is 5.89 Å². The third kappa shape index (κ3) is 2.77. The van der Waals surface area contributed by atoms with E-state index in [2.05, 4.69) is 17.2 Å². The molecule has 0 fully saturated rings. The van der Waals surface area contributed by atoms with Crippen LogP contribution in [0.3, 0.4) is 0 Å². The van der Waals surface area contributed by atoms with Crippen molar-refractivity contribution in [1.82, 2.24) is 10.3 Å². The Hall–Kier alpha value is -1.55. The molecule has 0 bridgehead atoms. The molecule has 1 unspecified atom stereocenters. The molecule has 0 saturated heterocycles. The predicted octanol–water partition coefficient (Wildman–Crippen LogP) is 3.30. The quantitative estimate of drug-likeness (QED) is 0.862. The van der Waals surface area contributed by atoms with Crippen molar-refractivity contribution in [3.05, 3.63) is 30.2 Å². The van der Waals surface area contributed by atoms with Gasteiger partial charge in [-0.1, -0.05) is 6.92 Å². The fraction of sp³-hybridized carbons (Fsp3) is 0.462. The van der Waals surface area contributed by atoms with E-state index < -0.39 is 0 Å². The van der Waals surface area contributed by atoms with Crippen LogP contribution in [0.15, 0.2) is 27.4 Å². The van der Waals surface area contributed by atoms with E-state index in [9.17, 15) is 0 Å². The molecular weight excluding hydrogens is 216 g/mol.